The van der Waals surface area contributed by atoms with Crippen LogP contribution in [0, 0.1) is 5.82 Å². The minimum Gasteiger partial charge on any atom is -0.484 e. The Morgan fingerprint density at radius 2 is 2.05 bits per heavy atom. The van der Waals surface area contributed by atoms with Crippen molar-refractivity contribution in [3.8, 4) is 5.75 Å². The Hall–Kier alpha value is -1.52. The van der Waals surface area contributed by atoms with Gasteiger partial charge < -0.3 is 14.5 Å². The number of benzene rings is 1. The minimum atomic E-state index is -0.386. The smallest absolute Gasteiger partial charge is 0.146 e. The Kier molecular flexibility index (Phi) is 4.82. The van der Waals surface area contributed by atoms with E-state index in [1.54, 1.807) is 0 Å². The summed E-state index contributed by atoms with van der Waals surface area (Å²) in [5.41, 5.74) is 0. The Bertz CT molecular complexity index is 542. The second-order valence-corrected chi connectivity index (χ2v) is 4.42. The lowest BCUT2D eigenvalue weighted by Crippen LogP contribution is -2.10. The molecule has 3 nitrogen and oxygen atoms in total. The van der Waals surface area contributed by atoms with Gasteiger partial charge >= 0.3 is 0 Å². The maximum Gasteiger partial charge on any atom is 0.146 e. The third-order valence-corrected chi connectivity index (χ3v) is 2.83. The van der Waals surface area contributed by atoms with Gasteiger partial charge in [-0.1, -0.05) is 18.5 Å². The van der Waals surface area contributed by atoms with Crippen LogP contribution in [-0.4, -0.2) is 6.54 Å². The van der Waals surface area contributed by atoms with Crippen LogP contribution in [0.4, 0.5) is 4.39 Å². The zero-order chi connectivity index (χ0) is 13.7. The van der Waals surface area contributed by atoms with Gasteiger partial charge in [-0.15, -0.1) is 0 Å². The fourth-order valence-corrected chi connectivity index (χ4v) is 1.81. The molecule has 0 fully saturated rings. The van der Waals surface area contributed by atoms with Crippen molar-refractivity contribution in [3.63, 3.8) is 0 Å². The third kappa shape index (κ3) is 3.98. The molecule has 0 radical (unpaired) electrons. The molecule has 0 aliphatic carbocycles. The minimum absolute atomic E-state index is 0.249. The van der Waals surface area contributed by atoms with Crippen LogP contribution in [0.5, 0.6) is 5.75 Å². The molecule has 0 saturated carbocycles. The van der Waals surface area contributed by atoms with E-state index in [0.29, 0.717) is 18.1 Å². The lowest BCUT2D eigenvalue weighted by atomic mass is 10.3. The van der Waals surface area contributed by atoms with E-state index in [0.717, 1.165) is 12.3 Å². The highest BCUT2D eigenvalue weighted by Crippen LogP contribution is 2.25. The first kappa shape index (κ1) is 13.9. The Morgan fingerprint density at radius 1 is 1.26 bits per heavy atom. The summed E-state index contributed by atoms with van der Waals surface area (Å²) in [6, 6.07) is 7.77. The van der Waals surface area contributed by atoms with Gasteiger partial charge in [-0.05, 0) is 36.9 Å². The number of hydrogen-bond donors (Lipinski definition) is 1. The fourth-order valence-electron chi connectivity index (χ4n) is 1.58. The molecular formula is C14H15ClFNO2. The summed E-state index contributed by atoms with van der Waals surface area (Å²) in [6.45, 7) is 3.87. The predicted molar refractivity (Wildman–Crippen MR) is 71.8 cm³/mol. The van der Waals surface area contributed by atoms with Crippen LogP contribution < -0.4 is 10.1 Å². The summed E-state index contributed by atoms with van der Waals surface area (Å²) in [5, 5.41) is 3.42. The zero-order valence-electron chi connectivity index (χ0n) is 10.6. The first-order valence-electron chi connectivity index (χ1n) is 6.05. The number of halogens is 2. The van der Waals surface area contributed by atoms with E-state index < -0.39 is 0 Å². The Labute approximate surface area is 116 Å². The van der Waals surface area contributed by atoms with Gasteiger partial charge in [0, 0.05) is 0 Å². The normalized spacial score (nSPS) is 10.7. The van der Waals surface area contributed by atoms with Crippen LogP contribution >= 0.6 is 11.6 Å². The highest BCUT2D eigenvalue weighted by molar-refractivity contribution is 6.32. The van der Waals surface area contributed by atoms with Gasteiger partial charge in [0.15, 0.2) is 0 Å². The van der Waals surface area contributed by atoms with Crippen LogP contribution in [-0.2, 0) is 13.2 Å². The Balaban J connectivity index is 1.92. The van der Waals surface area contributed by atoms with Crippen molar-refractivity contribution in [3.05, 3.63) is 52.7 Å². The molecule has 2 rings (SSSR count). The monoisotopic (exact) mass is 283 g/mol. The maximum atomic E-state index is 12.9. The average Bonchev–Trinajstić information content (AvgIpc) is 2.83. The molecule has 0 amide bonds. The van der Waals surface area contributed by atoms with Crippen molar-refractivity contribution in [1.29, 1.82) is 0 Å². The molecule has 0 atom stereocenters. The summed E-state index contributed by atoms with van der Waals surface area (Å²) >= 11 is 5.86. The van der Waals surface area contributed by atoms with Gasteiger partial charge in [0.25, 0.3) is 0 Å². The fraction of sp³-hybridized carbons (Fsp3) is 0.286. The molecule has 0 aliphatic rings. The highest BCUT2D eigenvalue weighted by Gasteiger charge is 2.06. The van der Waals surface area contributed by atoms with Crippen molar-refractivity contribution in [2.75, 3.05) is 6.54 Å². The highest BCUT2D eigenvalue weighted by atomic mass is 35.5. The molecule has 1 heterocycles. The molecule has 5 heteroatoms. The van der Waals surface area contributed by atoms with Crippen LogP contribution in [0.25, 0.3) is 0 Å². The van der Waals surface area contributed by atoms with Crippen molar-refractivity contribution in [2.24, 2.45) is 0 Å². The molecule has 19 heavy (non-hydrogen) atoms. The third-order valence-electron chi connectivity index (χ3n) is 2.53. The van der Waals surface area contributed by atoms with Crippen LogP contribution in [0.15, 0.2) is 34.7 Å². The van der Waals surface area contributed by atoms with Gasteiger partial charge in [-0.25, -0.2) is 4.39 Å². The van der Waals surface area contributed by atoms with Crippen molar-refractivity contribution in [1.82, 2.24) is 5.32 Å². The number of hydrogen-bond acceptors (Lipinski definition) is 3. The first-order chi connectivity index (χ1) is 9.19. The molecule has 0 bridgehead atoms. The standard InChI is InChI=1S/C14H15ClFNO2/c1-2-17-8-11-4-5-12(19-11)9-18-14-6-3-10(16)7-13(14)15/h3-7,17H,2,8-9H2,1H3. The van der Waals surface area contributed by atoms with Crippen molar-refractivity contribution in [2.45, 2.75) is 20.1 Å². The average molecular weight is 284 g/mol. The van der Waals surface area contributed by atoms with Gasteiger partial charge in [-0.2, -0.15) is 0 Å². The predicted octanol–water partition coefficient (Wildman–Crippen LogP) is 3.76. The van der Waals surface area contributed by atoms with E-state index in [4.69, 9.17) is 20.8 Å². The molecule has 1 aromatic carbocycles. The molecule has 0 aliphatic heterocycles. The summed E-state index contributed by atoms with van der Waals surface area (Å²) in [4.78, 5) is 0. The molecule has 1 N–H and O–H groups in total. The summed E-state index contributed by atoms with van der Waals surface area (Å²) < 4.78 is 23.9. The molecule has 0 spiro atoms. The van der Waals surface area contributed by atoms with Crippen LogP contribution in [0.3, 0.4) is 0 Å². The van der Waals surface area contributed by atoms with Crippen molar-refractivity contribution < 1.29 is 13.5 Å². The second kappa shape index (κ2) is 6.59. The van der Waals surface area contributed by atoms with E-state index in [1.165, 1.54) is 18.2 Å². The van der Waals surface area contributed by atoms with Gasteiger partial charge in [-0.3, -0.25) is 0 Å². The number of ether oxygens (including phenoxy) is 1. The molecule has 1 aromatic heterocycles. The number of nitrogens with one attached hydrogen (secondary N) is 1. The summed E-state index contributed by atoms with van der Waals surface area (Å²) in [7, 11) is 0. The van der Waals surface area contributed by atoms with E-state index in [2.05, 4.69) is 5.32 Å². The zero-order valence-corrected chi connectivity index (χ0v) is 11.3. The first-order valence-corrected chi connectivity index (χ1v) is 6.43. The van der Waals surface area contributed by atoms with E-state index in [1.807, 2.05) is 19.1 Å². The Morgan fingerprint density at radius 3 is 2.79 bits per heavy atom. The molecule has 0 saturated heterocycles. The van der Waals surface area contributed by atoms with E-state index >= 15 is 0 Å². The maximum absolute atomic E-state index is 12.9. The van der Waals surface area contributed by atoms with Crippen LogP contribution in [0.2, 0.25) is 5.02 Å². The van der Waals surface area contributed by atoms with Crippen LogP contribution in [0.1, 0.15) is 18.4 Å². The van der Waals surface area contributed by atoms with Gasteiger partial charge in [0.05, 0.1) is 11.6 Å². The SMILES string of the molecule is CCNCc1ccc(COc2ccc(F)cc2Cl)o1. The summed E-state index contributed by atoms with van der Waals surface area (Å²) in [5.74, 6) is 1.61. The van der Waals surface area contributed by atoms with E-state index in [-0.39, 0.29) is 17.4 Å². The number of furan rings is 1. The van der Waals surface area contributed by atoms with E-state index in [9.17, 15) is 4.39 Å². The molecule has 2 aromatic rings. The van der Waals surface area contributed by atoms with Crippen molar-refractivity contribution >= 4 is 11.6 Å². The second-order valence-electron chi connectivity index (χ2n) is 4.01. The lowest BCUT2D eigenvalue weighted by Gasteiger charge is -2.06. The van der Waals surface area contributed by atoms with Gasteiger partial charge in [0.1, 0.15) is 29.7 Å². The molecular weight excluding hydrogens is 269 g/mol. The number of rotatable bonds is 6. The molecule has 0 unspecified atom stereocenters. The largest absolute Gasteiger partial charge is 0.484 e. The lowest BCUT2D eigenvalue weighted by molar-refractivity contribution is 0.265. The topological polar surface area (TPSA) is 34.4 Å². The quantitative estimate of drug-likeness (QED) is 0.876. The summed E-state index contributed by atoms with van der Waals surface area (Å²) in [6.07, 6.45) is 0. The van der Waals surface area contributed by atoms with Gasteiger partial charge in [0.2, 0.25) is 0 Å². The molecule has 102 valence electrons.